The van der Waals surface area contributed by atoms with Crippen molar-refractivity contribution in [3.05, 3.63) is 90.5 Å². The second-order valence-corrected chi connectivity index (χ2v) is 8.14. The van der Waals surface area contributed by atoms with Gasteiger partial charge < -0.3 is 4.74 Å². The third-order valence-corrected chi connectivity index (χ3v) is 6.40. The maximum atomic E-state index is 12.9. The minimum absolute atomic E-state index is 0.173. The van der Waals surface area contributed by atoms with Gasteiger partial charge in [-0.15, -0.1) is 0 Å². The largest absolute Gasteiger partial charge is 0.425 e. The van der Waals surface area contributed by atoms with Gasteiger partial charge in [0, 0.05) is 23.4 Å². The summed E-state index contributed by atoms with van der Waals surface area (Å²) in [4.78, 5) is 15.1. The van der Waals surface area contributed by atoms with Crippen molar-refractivity contribution in [2.24, 2.45) is 0 Å². The van der Waals surface area contributed by atoms with Crippen LogP contribution in [0.4, 0.5) is 0 Å². The predicted molar refractivity (Wildman–Crippen MR) is 121 cm³/mol. The van der Waals surface area contributed by atoms with Crippen LogP contribution in [-0.4, -0.2) is 23.5 Å². The van der Waals surface area contributed by atoms with Crippen LogP contribution in [0.3, 0.4) is 0 Å². The molecule has 146 valence electrons. The van der Waals surface area contributed by atoms with Gasteiger partial charge in [0.25, 0.3) is 0 Å². The van der Waals surface area contributed by atoms with Crippen LogP contribution < -0.4 is 4.74 Å². The van der Waals surface area contributed by atoms with E-state index in [1.54, 1.807) is 0 Å². The average molecular weight is 391 g/mol. The van der Waals surface area contributed by atoms with Crippen LogP contribution in [0.25, 0.3) is 32.3 Å². The summed E-state index contributed by atoms with van der Waals surface area (Å²) in [7, 11) is 0. The molecule has 0 aromatic heterocycles. The highest BCUT2D eigenvalue weighted by molar-refractivity contribution is 6.24. The molecule has 1 saturated heterocycles. The molecule has 0 radical (unpaired) electrons. The van der Waals surface area contributed by atoms with Crippen LogP contribution in [0.5, 0.6) is 5.75 Å². The highest BCUT2D eigenvalue weighted by Crippen LogP contribution is 2.39. The SMILES string of the molecule is C[C@H](c1ccccc1)N1C[C@@H]1C(=O)Oc1ccc2ccc3cccc4ccc1c2c34. The average Bonchev–Trinajstić information content (AvgIpc) is 3.60. The van der Waals surface area contributed by atoms with Crippen LogP contribution in [0.15, 0.2) is 84.9 Å². The standard InChI is InChI=1S/C27H21NO2/c1-17(18-6-3-2-4-7-18)28-16-23(28)27(29)30-24-15-13-21-11-10-19-8-5-9-20-12-14-22(24)26(21)25(19)20/h2-15,17,23H,16H2,1H3/t17-,23-,28?/m1/s1. The topological polar surface area (TPSA) is 29.3 Å². The number of nitrogens with zero attached hydrogens (tertiary/aromatic N) is 1. The van der Waals surface area contributed by atoms with E-state index in [9.17, 15) is 4.79 Å². The van der Waals surface area contributed by atoms with Crippen molar-refractivity contribution >= 4 is 38.3 Å². The lowest BCUT2D eigenvalue weighted by Crippen LogP contribution is -2.21. The molecule has 0 aliphatic carbocycles. The second kappa shape index (κ2) is 6.54. The van der Waals surface area contributed by atoms with Crippen molar-refractivity contribution in [2.45, 2.75) is 19.0 Å². The molecule has 5 aromatic carbocycles. The first-order valence-electron chi connectivity index (χ1n) is 10.4. The monoisotopic (exact) mass is 391 g/mol. The van der Waals surface area contributed by atoms with E-state index >= 15 is 0 Å². The van der Waals surface area contributed by atoms with E-state index in [1.807, 2.05) is 30.3 Å². The Morgan fingerprint density at radius 2 is 1.50 bits per heavy atom. The summed E-state index contributed by atoms with van der Waals surface area (Å²) in [6.45, 7) is 2.87. The van der Waals surface area contributed by atoms with Gasteiger partial charge in [-0.2, -0.15) is 0 Å². The molecule has 0 N–H and O–H groups in total. The normalized spacial score (nSPS) is 19.4. The minimum atomic E-state index is -0.182. The molecule has 5 aromatic rings. The zero-order valence-electron chi connectivity index (χ0n) is 16.7. The predicted octanol–water partition coefficient (Wildman–Crippen LogP) is 5.93. The van der Waals surface area contributed by atoms with Gasteiger partial charge in [0.1, 0.15) is 11.8 Å². The zero-order chi connectivity index (χ0) is 20.2. The van der Waals surface area contributed by atoms with Crippen molar-refractivity contribution in [3.63, 3.8) is 0 Å². The zero-order valence-corrected chi connectivity index (χ0v) is 16.7. The first kappa shape index (κ1) is 17.4. The van der Waals surface area contributed by atoms with Crippen LogP contribution in [0.2, 0.25) is 0 Å². The summed E-state index contributed by atoms with van der Waals surface area (Å²) >= 11 is 0. The second-order valence-electron chi connectivity index (χ2n) is 8.14. The summed E-state index contributed by atoms with van der Waals surface area (Å²) in [5.74, 6) is 0.470. The number of carbonyl (C=O) groups excluding carboxylic acids is 1. The van der Waals surface area contributed by atoms with E-state index in [0.29, 0.717) is 5.75 Å². The lowest BCUT2D eigenvalue weighted by Gasteiger charge is -2.15. The van der Waals surface area contributed by atoms with Crippen LogP contribution in [0.1, 0.15) is 18.5 Å². The van der Waals surface area contributed by atoms with E-state index in [-0.39, 0.29) is 18.1 Å². The molecule has 0 amide bonds. The number of rotatable bonds is 4. The number of esters is 1. The van der Waals surface area contributed by atoms with Crippen molar-refractivity contribution < 1.29 is 9.53 Å². The Labute approximate surface area is 174 Å². The maximum absolute atomic E-state index is 12.9. The number of ether oxygens (including phenoxy) is 1. The Balaban J connectivity index is 1.32. The van der Waals surface area contributed by atoms with E-state index in [4.69, 9.17) is 4.74 Å². The summed E-state index contributed by atoms with van der Waals surface area (Å²) in [6, 6.07) is 29.1. The molecule has 3 nitrogen and oxygen atoms in total. The van der Waals surface area contributed by atoms with Gasteiger partial charge in [0.05, 0.1) is 0 Å². The van der Waals surface area contributed by atoms with E-state index < -0.39 is 0 Å². The molecule has 1 aliphatic rings. The van der Waals surface area contributed by atoms with Crippen molar-refractivity contribution in [2.75, 3.05) is 6.54 Å². The molecule has 0 spiro atoms. The smallest absolute Gasteiger partial charge is 0.330 e. The summed E-state index contributed by atoms with van der Waals surface area (Å²) in [5, 5.41) is 6.98. The van der Waals surface area contributed by atoms with Gasteiger partial charge in [-0.25, -0.2) is 4.79 Å². The molecule has 1 fully saturated rings. The Morgan fingerprint density at radius 1 is 0.833 bits per heavy atom. The lowest BCUT2D eigenvalue weighted by atomic mass is 9.94. The van der Waals surface area contributed by atoms with Crippen LogP contribution in [0, 0.1) is 0 Å². The Kier molecular flexibility index (Phi) is 3.80. The molecule has 1 unspecified atom stereocenters. The molecule has 3 atom stereocenters. The van der Waals surface area contributed by atoms with Crippen molar-refractivity contribution in [3.8, 4) is 5.75 Å². The molecule has 1 aliphatic heterocycles. The van der Waals surface area contributed by atoms with E-state index in [1.165, 1.54) is 32.5 Å². The van der Waals surface area contributed by atoms with Gasteiger partial charge in [0.2, 0.25) is 0 Å². The highest BCUT2D eigenvalue weighted by Gasteiger charge is 2.45. The Morgan fingerprint density at radius 3 is 2.27 bits per heavy atom. The molecule has 30 heavy (non-hydrogen) atoms. The fourth-order valence-corrected chi connectivity index (χ4v) is 4.69. The third-order valence-electron chi connectivity index (χ3n) is 6.40. The van der Waals surface area contributed by atoms with Crippen LogP contribution in [-0.2, 0) is 4.79 Å². The van der Waals surface area contributed by atoms with Crippen molar-refractivity contribution in [1.29, 1.82) is 0 Å². The van der Waals surface area contributed by atoms with Gasteiger partial charge >= 0.3 is 5.97 Å². The molecule has 1 heterocycles. The summed E-state index contributed by atoms with van der Waals surface area (Å²) < 4.78 is 5.93. The number of hydrogen-bond acceptors (Lipinski definition) is 3. The van der Waals surface area contributed by atoms with Gasteiger partial charge in [-0.3, -0.25) is 4.90 Å². The molecular weight excluding hydrogens is 370 g/mol. The molecular formula is C27H21NO2. The van der Waals surface area contributed by atoms with Gasteiger partial charge in [-0.1, -0.05) is 72.8 Å². The van der Waals surface area contributed by atoms with E-state index in [2.05, 4.69) is 66.4 Å². The molecule has 0 bridgehead atoms. The lowest BCUT2D eigenvalue weighted by molar-refractivity contribution is -0.134. The number of benzene rings is 5. The minimum Gasteiger partial charge on any atom is -0.425 e. The molecule has 6 rings (SSSR count). The van der Waals surface area contributed by atoms with Crippen LogP contribution >= 0.6 is 0 Å². The van der Waals surface area contributed by atoms with Crippen molar-refractivity contribution in [1.82, 2.24) is 4.90 Å². The van der Waals surface area contributed by atoms with E-state index in [0.717, 1.165) is 11.9 Å². The summed E-state index contributed by atoms with van der Waals surface area (Å²) in [6.07, 6.45) is 0. The number of carbonyl (C=O) groups is 1. The highest BCUT2D eigenvalue weighted by atomic mass is 16.5. The molecule has 3 heteroatoms. The van der Waals surface area contributed by atoms with Gasteiger partial charge in [-0.05, 0) is 46.2 Å². The first-order chi connectivity index (χ1) is 14.7. The number of hydrogen-bond donors (Lipinski definition) is 0. The third kappa shape index (κ3) is 2.66. The van der Waals surface area contributed by atoms with Gasteiger partial charge in [0.15, 0.2) is 0 Å². The first-order valence-corrected chi connectivity index (χ1v) is 10.4. The maximum Gasteiger partial charge on any atom is 0.330 e. The molecule has 0 saturated carbocycles. The summed E-state index contributed by atoms with van der Waals surface area (Å²) in [5.41, 5.74) is 1.22. The fraction of sp³-hybridized carbons (Fsp3) is 0.148. The quantitative estimate of drug-likeness (QED) is 0.164. The Hall–Kier alpha value is -3.43. The fourth-order valence-electron chi connectivity index (χ4n) is 4.69. The Bertz CT molecular complexity index is 1380.